The first kappa shape index (κ1) is 20.3. The second kappa shape index (κ2) is 8.13. The summed E-state index contributed by atoms with van der Waals surface area (Å²) in [6, 6.07) is 2.61. The van der Waals surface area contributed by atoms with Crippen LogP contribution < -0.4 is 15.0 Å². The Kier molecular flexibility index (Phi) is 5.32. The molecule has 1 N–H and O–H groups in total. The molecule has 0 radical (unpaired) electrons. The zero-order valence-corrected chi connectivity index (χ0v) is 17.6. The number of rotatable bonds is 7. The number of ether oxygens (including phenoxy) is 1. The maximum atomic E-state index is 14.6. The van der Waals surface area contributed by atoms with Crippen LogP contribution in [0.15, 0.2) is 16.5 Å². The average Bonchev–Trinajstić information content (AvgIpc) is 3.17. The van der Waals surface area contributed by atoms with Crippen molar-refractivity contribution in [3.63, 3.8) is 0 Å². The van der Waals surface area contributed by atoms with Gasteiger partial charge in [0, 0.05) is 37.3 Å². The van der Waals surface area contributed by atoms with E-state index in [2.05, 4.69) is 10.3 Å². The molecule has 31 heavy (non-hydrogen) atoms. The molecule has 3 atom stereocenters. The maximum absolute atomic E-state index is 14.6. The molecule has 1 aliphatic heterocycles. The van der Waals surface area contributed by atoms with Gasteiger partial charge < -0.3 is 19.4 Å². The first-order chi connectivity index (χ1) is 15.0. The van der Waals surface area contributed by atoms with Gasteiger partial charge in [-0.2, -0.15) is 4.98 Å². The van der Waals surface area contributed by atoms with Crippen molar-refractivity contribution in [1.29, 1.82) is 0 Å². The van der Waals surface area contributed by atoms with Crippen LogP contribution >= 0.6 is 0 Å². The largest absolute Gasteiger partial charge is 0.484 e. The lowest BCUT2D eigenvalue weighted by atomic mass is 10.2. The molecule has 1 aromatic carbocycles. The fourth-order valence-electron chi connectivity index (χ4n) is 4.81. The molecule has 2 unspecified atom stereocenters. The van der Waals surface area contributed by atoms with Crippen molar-refractivity contribution < 1.29 is 22.7 Å². The molecule has 3 aliphatic rings. The Bertz CT molecular complexity index is 953. The monoisotopic (exact) mass is 431 g/mol. The lowest BCUT2D eigenvalue weighted by molar-refractivity contribution is 0.102. The van der Waals surface area contributed by atoms with Crippen LogP contribution in [0.5, 0.6) is 5.75 Å². The van der Waals surface area contributed by atoms with Crippen molar-refractivity contribution in [2.45, 2.75) is 58.0 Å². The first-order valence-electron chi connectivity index (χ1n) is 11.2. The Hall–Kier alpha value is -2.64. The molecule has 2 aliphatic carbocycles. The summed E-state index contributed by atoms with van der Waals surface area (Å²) < 4.78 is 40.6. The third kappa shape index (κ3) is 4.12. The Morgan fingerprint density at radius 3 is 2.52 bits per heavy atom. The van der Waals surface area contributed by atoms with E-state index < -0.39 is 17.5 Å². The molecule has 2 heterocycles. The number of carbonyl (C=O) groups excluding carboxylic acids is 1. The number of nitrogens with one attached hydrogen (secondary N) is 1. The van der Waals surface area contributed by atoms with Gasteiger partial charge in [-0.3, -0.25) is 4.79 Å². The van der Waals surface area contributed by atoms with Crippen molar-refractivity contribution in [3.05, 3.63) is 35.2 Å². The summed E-state index contributed by atoms with van der Waals surface area (Å²) in [5.41, 5.74) is 0.185. The minimum atomic E-state index is -0.817. The summed E-state index contributed by atoms with van der Waals surface area (Å²) in [4.78, 5) is 19.2. The fourth-order valence-corrected chi connectivity index (χ4v) is 4.81. The highest BCUT2D eigenvalue weighted by Crippen LogP contribution is 2.52. The van der Waals surface area contributed by atoms with E-state index in [4.69, 9.17) is 9.15 Å². The van der Waals surface area contributed by atoms with Gasteiger partial charge in [-0.25, -0.2) is 8.78 Å². The minimum absolute atomic E-state index is 0.0230. The van der Waals surface area contributed by atoms with E-state index in [-0.39, 0.29) is 23.2 Å². The highest BCUT2D eigenvalue weighted by molar-refractivity contribution is 6.03. The lowest BCUT2D eigenvalue weighted by Gasteiger charge is -2.17. The van der Waals surface area contributed by atoms with E-state index in [0.717, 1.165) is 57.3 Å². The Morgan fingerprint density at radius 2 is 1.87 bits per heavy atom. The van der Waals surface area contributed by atoms with E-state index in [9.17, 15) is 13.6 Å². The molecule has 166 valence electrons. The zero-order valence-electron chi connectivity index (χ0n) is 17.6. The second-order valence-corrected chi connectivity index (χ2v) is 8.90. The van der Waals surface area contributed by atoms with Gasteiger partial charge in [0.05, 0.1) is 6.10 Å². The summed E-state index contributed by atoms with van der Waals surface area (Å²) in [7, 11) is 0. The van der Waals surface area contributed by atoms with E-state index in [1.165, 1.54) is 6.42 Å². The van der Waals surface area contributed by atoms with Crippen LogP contribution in [0.1, 0.15) is 61.7 Å². The number of fused-ring (bicyclic) bond motifs is 1. The van der Waals surface area contributed by atoms with E-state index in [0.29, 0.717) is 30.0 Å². The molecular weight excluding hydrogens is 404 g/mol. The SMILES string of the molecule is CCCc1oc(N2CCCC2)nc1C(=O)Nc1cc(F)c(OC2CC3C[C@H]3C2)c(F)c1. The molecular formula is C23H27F2N3O3. The van der Waals surface area contributed by atoms with Crippen LogP contribution in [0.3, 0.4) is 0 Å². The number of halogens is 2. The molecule has 1 aromatic heterocycles. The fraction of sp³-hybridized carbons (Fsp3) is 0.565. The summed E-state index contributed by atoms with van der Waals surface area (Å²) in [5.74, 6) is -0.748. The number of aromatic nitrogens is 1. The Morgan fingerprint density at radius 1 is 1.19 bits per heavy atom. The number of carbonyl (C=O) groups is 1. The first-order valence-corrected chi connectivity index (χ1v) is 11.2. The predicted octanol–water partition coefficient (Wildman–Crippen LogP) is 4.94. The van der Waals surface area contributed by atoms with Crippen LogP contribution in [0.25, 0.3) is 0 Å². The van der Waals surface area contributed by atoms with Crippen LogP contribution in [0, 0.1) is 23.5 Å². The predicted molar refractivity (Wildman–Crippen MR) is 112 cm³/mol. The Balaban J connectivity index is 1.31. The van der Waals surface area contributed by atoms with Crippen LogP contribution in [-0.4, -0.2) is 30.1 Å². The van der Waals surface area contributed by atoms with Crippen molar-refractivity contribution in [1.82, 2.24) is 4.98 Å². The average molecular weight is 431 g/mol. The van der Waals surface area contributed by atoms with Gasteiger partial charge in [0.25, 0.3) is 11.9 Å². The molecule has 6 nitrogen and oxygen atoms in total. The molecule has 5 rings (SSSR count). The molecule has 0 spiro atoms. The number of hydrogen-bond acceptors (Lipinski definition) is 5. The normalized spacial score (nSPS) is 24.4. The van der Waals surface area contributed by atoms with Crippen LogP contribution in [0.2, 0.25) is 0 Å². The molecule has 3 fully saturated rings. The molecule has 1 amide bonds. The standard InChI is InChI=1S/C23H27F2N3O3/c1-2-5-19-20(27-23(31-19)28-6-3-4-7-28)22(29)26-15-11-17(24)21(18(25)12-15)30-16-9-13-8-14(13)10-16/h11-14,16H,2-10H2,1H3,(H,26,29)/t13-,14?,16?/m0/s1. The van der Waals surface area contributed by atoms with Crippen molar-refractivity contribution in [2.75, 3.05) is 23.3 Å². The van der Waals surface area contributed by atoms with Gasteiger partial charge >= 0.3 is 0 Å². The van der Waals surface area contributed by atoms with Gasteiger partial charge in [0.2, 0.25) is 0 Å². The summed E-state index contributed by atoms with van der Waals surface area (Å²) >= 11 is 0. The Labute approximate surface area is 180 Å². The smallest absolute Gasteiger partial charge is 0.298 e. The number of hydrogen-bond donors (Lipinski definition) is 1. The minimum Gasteiger partial charge on any atom is -0.484 e. The molecule has 2 aromatic rings. The molecule has 0 bridgehead atoms. The van der Waals surface area contributed by atoms with Gasteiger partial charge in [-0.05, 0) is 50.4 Å². The molecule has 8 heteroatoms. The number of amides is 1. The number of nitrogens with zero attached hydrogens (tertiary/aromatic N) is 2. The zero-order chi connectivity index (χ0) is 21.5. The van der Waals surface area contributed by atoms with E-state index >= 15 is 0 Å². The van der Waals surface area contributed by atoms with Crippen LogP contribution in [0.4, 0.5) is 20.5 Å². The second-order valence-electron chi connectivity index (χ2n) is 8.90. The number of oxazole rings is 1. The lowest BCUT2D eigenvalue weighted by Crippen LogP contribution is -2.19. The summed E-state index contributed by atoms with van der Waals surface area (Å²) in [6.07, 6.45) is 6.24. The highest BCUT2D eigenvalue weighted by Gasteiger charge is 2.47. The van der Waals surface area contributed by atoms with E-state index in [1.807, 2.05) is 11.8 Å². The highest BCUT2D eigenvalue weighted by atomic mass is 19.1. The maximum Gasteiger partial charge on any atom is 0.298 e. The molecule has 1 saturated heterocycles. The van der Waals surface area contributed by atoms with E-state index in [1.54, 1.807) is 0 Å². The van der Waals surface area contributed by atoms with Gasteiger partial charge in [0.1, 0.15) is 5.76 Å². The number of aryl methyl sites for hydroxylation is 1. The molecule has 2 saturated carbocycles. The van der Waals surface area contributed by atoms with Crippen LogP contribution in [-0.2, 0) is 6.42 Å². The third-order valence-corrected chi connectivity index (χ3v) is 6.50. The quantitative estimate of drug-likeness (QED) is 0.673. The summed E-state index contributed by atoms with van der Waals surface area (Å²) in [6.45, 7) is 3.66. The van der Waals surface area contributed by atoms with Crippen molar-refractivity contribution >= 4 is 17.6 Å². The number of benzene rings is 1. The number of anilines is 2. The van der Waals surface area contributed by atoms with Crippen molar-refractivity contribution in [2.24, 2.45) is 11.8 Å². The van der Waals surface area contributed by atoms with Gasteiger partial charge in [-0.1, -0.05) is 6.92 Å². The topological polar surface area (TPSA) is 67.6 Å². The van der Waals surface area contributed by atoms with Gasteiger partial charge in [0.15, 0.2) is 23.1 Å². The third-order valence-electron chi connectivity index (χ3n) is 6.50. The van der Waals surface area contributed by atoms with Crippen molar-refractivity contribution in [3.8, 4) is 5.75 Å². The summed E-state index contributed by atoms with van der Waals surface area (Å²) in [5, 5.41) is 2.56. The van der Waals surface area contributed by atoms with Gasteiger partial charge in [-0.15, -0.1) is 0 Å².